The van der Waals surface area contributed by atoms with Gasteiger partial charge in [-0.25, -0.2) is 0 Å². The number of rotatable bonds is 4. The molecular weight excluding hydrogens is 623 g/mol. The zero-order valence-electron chi connectivity index (χ0n) is 28.8. The highest BCUT2D eigenvalue weighted by atomic mass is 32.1. The molecule has 8 aromatic rings. The third kappa shape index (κ3) is 4.12. The van der Waals surface area contributed by atoms with Gasteiger partial charge in [-0.2, -0.15) is 0 Å². The highest BCUT2D eigenvalue weighted by molar-refractivity contribution is 7.25. The maximum absolute atomic E-state index is 2.53. The van der Waals surface area contributed by atoms with E-state index >= 15 is 0 Å². The van der Waals surface area contributed by atoms with Crippen molar-refractivity contribution in [2.75, 3.05) is 4.90 Å². The molecule has 0 bridgehead atoms. The van der Waals surface area contributed by atoms with Crippen molar-refractivity contribution in [3.63, 3.8) is 0 Å². The molecule has 0 N–H and O–H groups in total. The van der Waals surface area contributed by atoms with Crippen LogP contribution in [0.1, 0.15) is 49.9 Å². The van der Waals surface area contributed by atoms with Crippen molar-refractivity contribution in [1.29, 1.82) is 0 Å². The minimum absolute atomic E-state index is 0.104. The van der Waals surface area contributed by atoms with Gasteiger partial charge in [-0.15, -0.1) is 11.3 Å². The molecule has 2 aliphatic rings. The van der Waals surface area contributed by atoms with E-state index in [4.69, 9.17) is 0 Å². The van der Waals surface area contributed by atoms with E-state index in [-0.39, 0.29) is 10.8 Å². The molecule has 7 aromatic carbocycles. The van der Waals surface area contributed by atoms with E-state index in [1.165, 1.54) is 92.9 Å². The van der Waals surface area contributed by atoms with Gasteiger partial charge >= 0.3 is 0 Å². The van der Waals surface area contributed by atoms with Crippen molar-refractivity contribution < 1.29 is 0 Å². The third-order valence-electron chi connectivity index (χ3n) is 11.5. The largest absolute Gasteiger partial charge is 0.310 e. The van der Waals surface area contributed by atoms with Crippen LogP contribution in [0.4, 0.5) is 17.1 Å². The maximum atomic E-state index is 2.53. The Hall–Kier alpha value is -5.44. The molecule has 0 unspecified atom stereocenters. The topological polar surface area (TPSA) is 3.24 Å². The lowest BCUT2D eigenvalue weighted by Crippen LogP contribution is -2.18. The predicted molar refractivity (Wildman–Crippen MR) is 215 cm³/mol. The SMILES string of the molecule is CC1(C)c2ccccc2-c2ccc(N(c3ccc4c(c3)sc3ccccc34)c3cc4c(cc3-c3ccccc3)-c3ccccc3C4(C)C)cc21. The van der Waals surface area contributed by atoms with E-state index < -0.39 is 0 Å². The first kappa shape index (κ1) is 29.5. The Kier molecular flexibility index (Phi) is 6.21. The molecular formula is C48H37NS. The molecule has 50 heavy (non-hydrogen) atoms. The molecule has 0 saturated carbocycles. The van der Waals surface area contributed by atoms with Gasteiger partial charge in [-0.1, -0.05) is 137 Å². The van der Waals surface area contributed by atoms with E-state index in [2.05, 4.69) is 184 Å². The second kappa shape index (κ2) is 10.5. The molecule has 1 aromatic heterocycles. The summed E-state index contributed by atoms with van der Waals surface area (Å²) in [5.74, 6) is 0. The fraction of sp³-hybridized carbons (Fsp3) is 0.125. The van der Waals surface area contributed by atoms with E-state index in [0.29, 0.717) is 0 Å². The lowest BCUT2D eigenvalue weighted by molar-refractivity contribution is 0.660. The van der Waals surface area contributed by atoms with Gasteiger partial charge in [0.25, 0.3) is 0 Å². The molecule has 0 spiro atoms. The molecule has 0 aliphatic heterocycles. The second-order valence-corrected chi connectivity index (χ2v) is 16.0. The van der Waals surface area contributed by atoms with Crippen LogP contribution < -0.4 is 4.90 Å². The van der Waals surface area contributed by atoms with Crippen molar-refractivity contribution >= 4 is 48.6 Å². The van der Waals surface area contributed by atoms with Crippen molar-refractivity contribution in [2.45, 2.75) is 38.5 Å². The Morgan fingerprint density at radius 1 is 0.400 bits per heavy atom. The molecule has 0 atom stereocenters. The Labute approximate surface area is 298 Å². The molecule has 10 rings (SSSR count). The van der Waals surface area contributed by atoms with Crippen molar-refractivity contribution in [2.24, 2.45) is 0 Å². The van der Waals surface area contributed by atoms with Crippen molar-refractivity contribution in [3.8, 4) is 33.4 Å². The van der Waals surface area contributed by atoms with Gasteiger partial charge in [0, 0.05) is 47.9 Å². The Morgan fingerprint density at radius 3 is 1.72 bits per heavy atom. The van der Waals surface area contributed by atoms with Crippen LogP contribution >= 0.6 is 11.3 Å². The molecule has 1 nitrogen and oxygen atoms in total. The first-order chi connectivity index (χ1) is 24.3. The standard InChI is InChI=1S/C48H37NS/c1-47(2)40-19-11-8-16-33(40)35-24-22-31(26-42(35)47)49(32-23-25-37-36-18-10-13-21-45(36)50-46(37)27-32)44-29-43-39(28-38(44)30-14-6-5-7-15-30)34-17-9-12-20-41(34)48(43,3)4/h5-29H,1-4H3. The number of hydrogen-bond donors (Lipinski definition) is 0. The molecule has 0 saturated heterocycles. The van der Waals surface area contributed by atoms with Crippen LogP contribution in [0.15, 0.2) is 152 Å². The van der Waals surface area contributed by atoms with Gasteiger partial charge in [-0.05, 0) is 92.5 Å². The summed E-state index contributed by atoms with van der Waals surface area (Å²) in [4.78, 5) is 2.53. The van der Waals surface area contributed by atoms with Crippen LogP contribution in [0.3, 0.4) is 0 Å². The number of benzene rings is 7. The van der Waals surface area contributed by atoms with Crippen molar-refractivity contribution in [1.82, 2.24) is 0 Å². The molecule has 0 amide bonds. The summed E-state index contributed by atoms with van der Waals surface area (Å²) in [5.41, 5.74) is 16.6. The van der Waals surface area contributed by atoms with Crippen molar-refractivity contribution in [3.05, 3.63) is 174 Å². The van der Waals surface area contributed by atoms with Gasteiger partial charge in [0.15, 0.2) is 0 Å². The van der Waals surface area contributed by atoms with Crippen LogP contribution in [0.5, 0.6) is 0 Å². The third-order valence-corrected chi connectivity index (χ3v) is 12.6. The van der Waals surface area contributed by atoms with Gasteiger partial charge in [0.2, 0.25) is 0 Å². The predicted octanol–water partition coefficient (Wildman–Crippen LogP) is 13.8. The zero-order valence-corrected chi connectivity index (χ0v) is 29.6. The van der Waals surface area contributed by atoms with Gasteiger partial charge < -0.3 is 4.90 Å². The summed E-state index contributed by atoms with van der Waals surface area (Å²) in [5, 5.41) is 2.64. The fourth-order valence-corrected chi connectivity index (χ4v) is 10.0. The average molecular weight is 660 g/mol. The zero-order chi connectivity index (χ0) is 33.8. The van der Waals surface area contributed by atoms with E-state index in [0.717, 1.165) is 0 Å². The number of nitrogens with zero attached hydrogens (tertiary/aromatic N) is 1. The smallest absolute Gasteiger partial charge is 0.0543 e. The lowest BCUT2D eigenvalue weighted by atomic mass is 9.81. The van der Waals surface area contributed by atoms with Crippen LogP contribution in [0.2, 0.25) is 0 Å². The Balaban J connectivity index is 1.27. The molecule has 2 aliphatic carbocycles. The van der Waals surface area contributed by atoms with E-state index in [1.54, 1.807) is 0 Å². The lowest BCUT2D eigenvalue weighted by Gasteiger charge is -2.31. The van der Waals surface area contributed by atoms with Gasteiger partial charge in [0.1, 0.15) is 0 Å². The number of fused-ring (bicyclic) bond motifs is 9. The Morgan fingerprint density at radius 2 is 0.960 bits per heavy atom. The maximum Gasteiger partial charge on any atom is 0.0543 e. The number of anilines is 3. The molecule has 240 valence electrons. The second-order valence-electron chi connectivity index (χ2n) is 15.0. The fourth-order valence-electron chi connectivity index (χ4n) is 8.88. The van der Waals surface area contributed by atoms with E-state index in [1.807, 2.05) is 11.3 Å². The number of hydrogen-bond acceptors (Lipinski definition) is 2. The summed E-state index contributed by atoms with van der Waals surface area (Å²) in [6.45, 7) is 9.51. The van der Waals surface area contributed by atoms with Gasteiger partial charge in [0.05, 0.1) is 5.69 Å². The van der Waals surface area contributed by atoms with Crippen LogP contribution in [-0.4, -0.2) is 0 Å². The first-order valence-electron chi connectivity index (χ1n) is 17.6. The monoisotopic (exact) mass is 659 g/mol. The molecule has 0 radical (unpaired) electrons. The Bertz CT molecular complexity index is 2660. The summed E-state index contributed by atoms with van der Waals surface area (Å²) < 4.78 is 2.63. The molecule has 2 heteroatoms. The normalized spacial score (nSPS) is 14.7. The summed E-state index contributed by atoms with van der Waals surface area (Å²) in [7, 11) is 0. The molecule has 0 fully saturated rings. The first-order valence-corrected chi connectivity index (χ1v) is 18.4. The minimum Gasteiger partial charge on any atom is -0.310 e. The summed E-state index contributed by atoms with van der Waals surface area (Å²) >= 11 is 1.88. The number of thiophene rings is 1. The molecule has 1 heterocycles. The highest BCUT2D eigenvalue weighted by Gasteiger charge is 2.38. The highest BCUT2D eigenvalue weighted by Crippen LogP contribution is 2.55. The summed E-state index contributed by atoms with van der Waals surface area (Å²) in [6, 6.07) is 56.8. The minimum atomic E-state index is -0.126. The van der Waals surface area contributed by atoms with Gasteiger partial charge in [-0.3, -0.25) is 0 Å². The summed E-state index contributed by atoms with van der Waals surface area (Å²) in [6.07, 6.45) is 0. The average Bonchev–Trinajstić information content (AvgIpc) is 3.71. The van der Waals surface area contributed by atoms with Crippen LogP contribution in [0, 0.1) is 0 Å². The van der Waals surface area contributed by atoms with Crippen LogP contribution in [0.25, 0.3) is 53.6 Å². The van der Waals surface area contributed by atoms with E-state index in [9.17, 15) is 0 Å². The van der Waals surface area contributed by atoms with Crippen LogP contribution in [-0.2, 0) is 10.8 Å². The quantitative estimate of drug-likeness (QED) is 0.182.